The summed E-state index contributed by atoms with van der Waals surface area (Å²) in [6.45, 7) is 0. The van der Waals surface area contributed by atoms with E-state index in [1.807, 2.05) is 60.7 Å². The minimum absolute atomic E-state index is 0.0927. The first kappa shape index (κ1) is 16.5. The summed E-state index contributed by atoms with van der Waals surface area (Å²) in [5, 5.41) is 12.4. The third-order valence-electron chi connectivity index (χ3n) is 3.84. The molecule has 3 rings (SSSR count). The lowest BCUT2D eigenvalue weighted by molar-refractivity contribution is -0.115. The molecule has 124 valence electrons. The fourth-order valence-electron chi connectivity index (χ4n) is 2.72. The Hall–Kier alpha value is -3.40. The van der Waals surface area contributed by atoms with Gasteiger partial charge in [0, 0.05) is 0 Å². The second kappa shape index (κ2) is 7.45. The van der Waals surface area contributed by atoms with Crippen molar-refractivity contribution in [2.24, 2.45) is 0 Å². The Bertz CT molecular complexity index is 890. The topological polar surface area (TPSA) is 66.4 Å². The monoisotopic (exact) mass is 331 g/mol. The summed E-state index contributed by atoms with van der Waals surface area (Å²) >= 11 is 0. The van der Waals surface area contributed by atoms with Crippen LogP contribution in [0.15, 0.2) is 78.9 Å². The van der Waals surface area contributed by atoms with Gasteiger partial charge in [0.2, 0.25) is 5.91 Å². The van der Waals surface area contributed by atoms with Gasteiger partial charge in [-0.05, 0) is 22.8 Å². The molecule has 0 saturated heterocycles. The van der Waals surface area contributed by atoms with Crippen molar-refractivity contribution in [2.45, 2.75) is 6.42 Å². The predicted octanol–water partition coefficient (Wildman–Crippen LogP) is 4.23. The van der Waals surface area contributed by atoms with Crippen molar-refractivity contribution in [3.8, 4) is 11.1 Å². The van der Waals surface area contributed by atoms with Crippen molar-refractivity contribution in [1.29, 1.82) is 0 Å². The van der Waals surface area contributed by atoms with Gasteiger partial charge in [-0.1, -0.05) is 72.8 Å². The molecule has 3 aromatic rings. The van der Waals surface area contributed by atoms with Gasteiger partial charge in [0.05, 0.1) is 17.7 Å². The van der Waals surface area contributed by atoms with Crippen LogP contribution in [0, 0.1) is 0 Å². The standard InChI is InChI=1S/C21H17NO3/c23-19(14-15-8-3-1-4-9-15)22-18-13-7-12-17(20(18)21(24)25)16-10-5-2-6-11-16/h1-13H,14H2,(H,22,23)(H,24,25). The van der Waals surface area contributed by atoms with Gasteiger partial charge in [-0.25, -0.2) is 4.79 Å². The van der Waals surface area contributed by atoms with Crippen molar-refractivity contribution in [3.63, 3.8) is 0 Å². The number of nitrogens with one attached hydrogen (secondary N) is 1. The zero-order chi connectivity index (χ0) is 17.6. The summed E-state index contributed by atoms with van der Waals surface area (Å²) in [5.41, 5.74) is 2.63. The zero-order valence-electron chi connectivity index (χ0n) is 13.5. The SMILES string of the molecule is O=C(Cc1ccccc1)Nc1cccc(-c2ccccc2)c1C(=O)O. The van der Waals surface area contributed by atoms with Crippen LogP contribution in [-0.4, -0.2) is 17.0 Å². The van der Waals surface area contributed by atoms with Gasteiger partial charge in [-0.2, -0.15) is 0 Å². The van der Waals surface area contributed by atoms with Gasteiger partial charge in [-0.15, -0.1) is 0 Å². The maximum atomic E-state index is 12.3. The van der Waals surface area contributed by atoms with E-state index >= 15 is 0 Å². The molecule has 2 N–H and O–H groups in total. The molecule has 25 heavy (non-hydrogen) atoms. The van der Waals surface area contributed by atoms with E-state index < -0.39 is 5.97 Å². The van der Waals surface area contributed by atoms with Crippen LogP contribution in [-0.2, 0) is 11.2 Å². The largest absolute Gasteiger partial charge is 0.478 e. The molecule has 0 aliphatic heterocycles. The molecule has 3 aromatic carbocycles. The van der Waals surface area contributed by atoms with E-state index in [1.54, 1.807) is 18.2 Å². The first-order valence-corrected chi connectivity index (χ1v) is 7.90. The Morgan fingerprint density at radius 2 is 1.44 bits per heavy atom. The van der Waals surface area contributed by atoms with E-state index in [0.29, 0.717) is 11.3 Å². The first-order chi connectivity index (χ1) is 12.1. The minimum Gasteiger partial charge on any atom is -0.478 e. The van der Waals surface area contributed by atoms with Crippen molar-refractivity contribution in [2.75, 3.05) is 5.32 Å². The molecule has 0 bridgehead atoms. The Morgan fingerprint density at radius 1 is 0.800 bits per heavy atom. The molecule has 0 aliphatic rings. The highest BCUT2D eigenvalue weighted by molar-refractivity contribution is 6.05. The van der Waals surface area contributed by atoms with E-state index in [-0.39, 0.29) is 17.9 Å². The third-order valence-corrected chi connectivity index (χ3v) is 3.84. The molecule has 0 atom stereocenters. The number of carboxylic acid groups (broad SMARTS) is 1. The summed E-state index contributed by atoms with van der Waals surface area (Å²) < 4.78 is 0. The maximum absolute atomic E-state index is 12.3. The van der Waals surface area contributed by atoms with Gasteiger partial charge in [0.25, 0.3) is 0 Å². The molecular formula is C21H17NO3. The number of amides is 1. The normalized spacial score (nSPS) is 10.2. The number of rotatable bonds is 5. The summed E-state index contributed by atoms with van der Waals surface area (Å²) in [6, 6.07) is 23.7. The summed E-state index contributed by atoms with van der Waals surface area (Å²) in [7, 11) is 0. The van der Waals surface area contributed by atoms with Crippen LogP contribution in [0.4, 0.5) is 5.69 Å². The molecule has 0 fully saturated rings. The number of benzene rings is 3. The average Bonchev–Trinajstić information content (AvgIpc) is 2.63. The highest BCUT2D eigenvalue weighted by Gasteiger charge is 2.18. The molecule has 0 aliphatic carbocycles. The van der Waals surface area contributed by atoms with E-state index in [1.165, 1.54) is 0 Å². The predicted molar refractivity (Wildman–Crippen MR) is 97.6 cm³/mol. The lowest BCUT2D eigenvalue weighted by atomic mass is 9.98. The van der Waals surface area contributed by atoms with Gasteiger partial charge in [-0.3, -0.25) is 4.79 Å². The minimum atomic E-state index is -1.07. The van der Waals surface area contributed by atoms with Crippen molar-refractivity contribution < 1.29 is 14.7 Å². The molecule has 0 unspecified atom stereocenters. The van der Waals surface area contributed by atoms with Crippen LogP contribution in [0.3, 0.4) is 0 Å². The molecule has 0 heterocycles. The van der Waals surface area contributed by atoms with Gasteiger partial charge < -0.3 is 10.4 Å². The fourth-order valence-corrected chi connectivity index (χ4v) is 2.72. The molecule has 0 saturated carbocycles. The van der Waals surface area contributed by atoms with Crippen LogP contribution in [0.5, 0.6) is 0 Å². The molecular weight excluding hydrogens is 314 g/mol. The van der Waals surface area contributed by atoms with E-state index in [0.717, 1.165) is 11.1 Å². The van der Waals surface area contributed by atoms with Gasteiger partial charge in [0.15, 0.2) is 0 Å². The molecule has 0 radical (unpaired) electrons. The van der Waals surface area contributed by atoms with E-state index in [2.05, 4.69) is 5.32 Å². The first-order valence-electron chi connectivity index (χ1n) is 7.90. The lowest BCUT2D eigenvalue weighted by Gasteiger charge is -2.13. The maximum Gasteiger partial charge on any atom is 0.338 e. The second-order valence-electron chi connectivity index (χ2n) is 5.61. The number of hydrogen-bond acceptors (Lipinski definition) is 2. The van der Waals surface area contributed by atoms with Crippen molar-refractivity contribution in [3.05, 3.63) is 90.0 Å². The molecule has 0 aromatic heterocycles. The molecule has 4 heteroatoms. The summed E-state index contributed by atoms with van der Waals surface area (Å²) in [5.74, 6) is -1.33. The zero-order valence-corrected chi connectivity index (χ0v) is 13.5. The number of carbonyl (C=O) groups is 2. The summed E-state index contributed by atoms with van der Waals surface area (Å²) in [6.07, 6.45) is 0.190. The van der Waals surface area contributed by atoms with Gasteiger partial charge in [0.1, 0.15) is 0 Å². The highest BCUT2D eigenvalue weighted by atomic mass is 16.4. The van der Waals surface area contributed by atoms with Crippen LogP contribution >= 0.6 is 0 Å². The Labute approximate surface area is 145 Å². The number of carboxylic acids is 1. The highest BCUT2D eigenvalue weighted by Crippen LogP contribution is 2.29. The number of aromatic carboxylic acids is 1. The van der Waals surface area contributed by atoms with Crippen LogP contribution in [0.2, 0.25) is 0 Å². The molecule has 0 spiro atoms. The fraction of sp³-hybridized carbons (Fsp3) is 0.0476. The Morgan fingerprint density at radius 3 is 2.08 bits per heavy atom. The summed E-state index contributed by atoms with van der Waals surface area (Å²) in [4.78, 5) is 24.1. The van der Waals surface area contributed by atoms with Crippen LogP contribution < -0.4 is 5.32 Å². The van der Waals surface area contributed by atoms with E-state index in [9.17, 15) is 14.7 Å². The van der Waals surface area contributed by atoms with Crippen LogP contribution in [0.25, 0.3) is 11.1 Å². The van der Waals surface area contributed by atoms with Crippen LogP contribution in [0.1, 0.15) is 15.9 Å². The van der Waals surface area contributed by atoms with Crippen molar-refractivity contribution >= 4 is 17.6 Å². The van der Waals surface area contributed by atoms with E-state index in [4.69, 9.17) is 0 Å². The third kappa shape index (κ3) is 3.93. The quantitative estimate of drug-likeness (QED) is 0.735. The number of carbonyl (C=O) groups excluding carboxylic acids is 1. The second-order valence-corrected chi connectivity index (χ2v) is 5.61. The molecule has 1 amide bonds. The van der Waals surface area contributed by atoms with Crippen molar-refractivity contribution in [1.82, 2.24) is 0 Å². The lowest BCUT2D eigenvalue weighted by Crippen LogP contribution is -2.17. The molecule has 4 nitrogen and oxygen atoms in total. The Balaban J connectivity index is 1.91. The number of anilines is 1. The van der Waals surface area contributed by atoms with Gasteiger partial charge >= 0.3 is 5.97 Å². The number of hydrogen-bond donors (Lipinski definition) is 2. The Kier molecular flexibility index (Phi) is 4.90. The average molecular weight is 331 g/mol. The smallest absolute Gasteiger partial charge is 0.338 e.